The van der Waals surface area contributed by atoms with Gasteiger partial charge in [-0.05, 0) is 18.2 Å². The Morgan fingerprint density at radius 1 is 1.27 bits per heavy atom. The van der Waals surface area contributed by atoms with Crippen molar-refractivity contribution in [2.45, 2.75) is 0 Å². The summed E-state index contributed by atoms with van der Waals surface area (Å²) in [7, 11) is 0. The molecule has 2 heterocycles. The van der Waals surface area contributed by atoms with Gasteiger partial charge < -0.3 is 14.4 Å². The second-order valence-electron chi connectivity index (χ2n) is 6.92. The number of halogens is 2. The maximum Gasteiger partial charge on any atom is 0.311 e. The molecule has 0 bridgehead atoms. The van der Waals surface area contributed by atoms with Crippen molar-refractivity contribution < 1.29 is 18.8 Å². The molecule has 0 atom stereocenters. The molecule has 0 radical (unpaired) electrons. The number of anilines is 2. The van der Waals surface area contributed by atoms with Gasteiger partial charge in [0.05, 0.1) is 28.8 Å². The van der Waals surface area contributed by atoms with E-state index in [9.17, 15) is 14.5 Å². The maximum atomic E-state index is 13.6. The lowest BCUT2D eigenvalue weighted by atomic mass is 10.1. The van der Waals surface area contributed by atoms with Crippen LogP contribution >= 0.6 is 11.6 Å². The molecule has 30 heavy (non-hydrogen) atoms. The third-order valence-corrected chi connectivity index (χ3v) is 5.32. The van der Waals surface area contributed by atoms with Gasteiger partial charge in [-0.2, -0.15) is 0 Å². The second kappa shape index (κ2) is 8.95. The van der Waals surface area contributed by atoms with Crippen LogP contribution in [0.2, 0.25) is 5.02 Å². The van der Waals surface area contributed by atoms with E-state index in [1.165, 1.54) is 18.2 Å². The topological polar surface area (TPSA) is 80.4 Å². The third-order valence-electron chi connectivity index (χ3n) is 5.03. The Morgan fingerprint density at radius 3 is 2.80 bits per heavy atom. The summed E-state index contributed by atoms with van der Waals surface area (Å²) in [6, 6.07) is 7.45. The number of nitrogens with zero attached hydrogens (tertiary/aromatic N) is 4. The van der Waals surface area contributed by atoms with Crippen LogP contribution in [0.4, 0.5) is 21.5 Å². The van der Waals surface area contributed by atoms with Crippen LogP contribution in [0.3, 0.4) is 0 Å². The largest absolute Gasteiger partial charge is 0.485 e. The fraction of sp³-hybridized carbons (Fsp3) is 0.350. The first-order chi connectivity index (χ1) is 14.5. The monoisotopic (exact) mass is 434 g/mol. The Hall–Kier alpha value is -2.75. The average Bonchev–Trinajstić information content (AvgIpc) is 2.75. The fourth-order valence-corrected chi connectivity index (χ4v) is 3.62. The van der Waals surface area contributed by atoms with Crippen LogP contribution in [0.15, 0.2) is 35.3 Å². The average molecular weight is 435 g/mol. The van der Waals surface area contributed by atoms with Crippen molar-refractivity contribution in [1.82, 2.24) is 4.90 Å². The highest BCUT2D eigenvalue weighted by atomic mass is 35.5. The van der Waals surface area contributed by atoms with Gasteiger partial charge in [0, 0.05) is 49.2 Å². The normalized spacial score (nSPS) is 16.4. The number of morpholine rings is 1. The molecule has 0 saturated carbocycles. The summed E-state index contributed by atoms with van der Waals surface area (Å²) in [4.78, 5) is 19.4. The number of nitro benzene ring substituents is 1. The van der Waals surface area contributed by atoms with E-state index in [0.29, 0.717) is 43.3 Å². The molecule has 2 aliphatic rings. The lowest BCUT2D eigenvalue weighted by molar-refractivity contribution is -0.385. The Morgan fingerprint density at radius 2 is 2.07 bits per heavy atom. The molecule has 1 saturated heterocycles. The van der Waals surface area contributed by atoms with Crippen LogP contribution in [0.5, 0.6) is 5.75 Å². The first-order valence-electron chi connectivity index (χ1n) is 9.50. The van der Waals surface area contributed by atoms with Gasteiger partial charge in [0.25, 0.3) is 0 Å². The fourth-order valence-electron chi connectivity index (χ4n) is 3.45. The van der Waals surface area contributed by atoms with Crippen molar-refractivity contribution in [2.75, 3.05) is 51.0 Å². The highest BCUT2D eigenvalue weighted by Crippen LogP contribution is 2.39. The van der Waals surface area contributed by atoms with E-state index in [-0.39, 0.29) is 23.1 Å². The smallest absolute Gasteiger partial charge is 0.311 e. The van der Waals surface area contributed by atoms with Crippen molar-refractivity contribution in [3.63, 3.8) is 0 Å². The van der Waals surface area contributed by atoms with Crippen molar-refractivity contribution >= 4 is 34.9 Å². The van der Waals surface area contributed by atoms with Gasteiger partial charge in [-0.15, -0.1) is 0 Å². The van der Waals surface area contributed by atoms with Crippen molar-refractivity contribution in [1.29, 1.82) is 0 Å². The summed E-state index contributed by atoms with van der Waals surface area (Å²) in [6.07, 6.45) is 1.58. The van der Waals surface area contributed by atoms with E-state index in [1.54, 1.807) is 23.2 Å². The van der Waals surface area contributed by atoms with Gasteiger partial charge in [0.1, 0.15) is 19.1 Å². The quantitative estimate of drug-likeness (QED) is 0.510. The lowest BCUT2D eigenvalue weighted by Gasteiger charge is -2.28. The van der Waals surface area contributed by atoms with Crippen LogP contribution in [-0.2, 0) is 4.74 Å². The predicted octanol–water partition coefficient (Wildman–Crippen LogP) is 3.63. The zero-order valence-electron chi connectivity index (χ0n) is 16.1. The molecule has 10 heteroatoms. The number of ether oxygens (including phenoxy) is 2. The van der Waals surface area contributed by atoms with Crippen molar-refractivity contribution in [2.24, 2.45) is 4.99 Å². The standard InChI is InChI=1S/C20H20ClFN4O4/c21-16-10-15(1-2-17(16)22)25-13-23-12-14-9-19(26(27)28)20(11-18(14)25)30-8-5-24-3-6-29-7-4-24/h1-2,9-12H,3-8,13H2. The first-order valence-corrected chi connectivity index (χ1v) is 9.88. The second-order valence-corrected chi connectivity index (χ2v) is 7.33. The van der Waals surface area contributed by atoms with Crippen LogP contribution in [0, 0.1) is 15.9 Å². The summed E-state index contributed by atoms with van der Waals surface area (Å²) >= 11 is 5.93. The molecule has 2 aromatic carbocycles. The molecule has 0 aromatic heterocycles. The van der Waals surface area contributed by atoms with E-state index in [1.807, 2.05) is 0 Å². The Balaban J connectivity index is 1.61. The molecule has 158 valence electrons. The molecule has 0 aliphatic carbocycles. The van der Waals surface area contributed by atoms with E-state index in [0.717, 1.165) is 13.1 Å². The summed E-state index contributed by atoms with van der Waals surface area (Å²) in [5.74, 6) is -0.336. The van der Waals surface area contributed by atoms with E-state index in [4.69, 9.17) is 21.1 Å². The minimum Gasteiger partial charge on any atom is -0.485 e. The van der Waals surface area contributed by atoms with Crippen LogP contribution in [-0.4, -0.2) is 62.2 Å². The Labute approximate surface area is 177 Å². The van der Waals surface area contributed by atoms with E-state index >= 15 is 0 Å². The van der Waals surface area contributed by atoms with Gasteiger partial charge in [-0.25, -0.2) is 4.39 Å². The van der Waals surface area contributed by atoms with Crippen LogP contribution in [0.1, 0.15) is 5.56 Å². The SMILES string of the molecule is O=[N+]([O-])c1cc2c(cc1OCCN1CCOCC1)N(c1ccc(F)c(Cl)c1)CN=C2. The summed E-state index contributed by atoms with van der Waals surface area (Å²) in [5, 5.41) is 11.6. The van der Waals surface area contributed by atoms with Gasteiger partial charge in [-0.3, -0.25) is 20.0 Å². The summed E-state index contributed by atoms with van der Waals surface area (Å²) in [6.45, 7) is 4.21. The van der Waals surface area contributed by atoms with Gasteiger partial charge >= 0.3 is 5.69 Å². The molecule has 0 amide bonds. The van der Waals surface area contributed by atoms with Gasteiger partial charge in [-0.1, -0.05) is 11.6 Å². The highest BCUT2D eigenvalue weighted by Gasteiger charge is 2.25. The lowest BCUT2D eigenvalue weighted by Crippen LogP contribution is -2.38. The maximum absolute atomic E-state index is 13.6. The van der Waals surface area contributed by atoms with E-state index < -0.39 is 10.7 Å². The molecule has 2 aliphatic heterocycles. The minimum atomic E-state index is -0.517. The van der Waals surface area contributed by atoms with Crippen molar-refractivity contribution in [3.05, 3.63) is 56.8 Å². The van der Waals surface area contributed by atoms with Gasteiger partial charge in [0.15, 0.2) is 5.75 Å². The molecular weight excluding hydrogens is 415 g/mol. The van der Waals surface area contributed by atoms with Crippen molar-refractivity contribution in [3.8, 4) is 5.75 Å². The van der Waals surface area contributed by atoms with Crippen LogP contribution in [0.25, 0.3) is 0 Å². The molecule has 0 spiro atoms. The van der Waals surface area contributed by atoms with E-state index in [2.05, 4.69) is 9.89 Å². The predicted molar refractivity (Wildman–Crippen MR) is 112 cm³/mol. The summed E-state index contributed by atoms with van der Waals surface area (Å²) < 4.78 is 24.7. The molecule has 8 nitrogen and oxygen atoms in total. The molecule has 0 N–H and O–H groups in total. The number of benzene rings is 2. The molecule has 4 rings (SSSR count). The zero-order chi connectivity index (χ0) is 21.1. The Kier molecular flexibility index (Phi) is 6.12. The highest BCUT2D eigenvalue weighted by molar-refractivity contribution is 6.31. The number of rotatable bonds is 6. The van der Waals surface area contributed by atoms with Crippen LogP contribution < -0.4 is 9.64 Å². The molecule has 1 fully saturated rings. The number of nitro groups is 1. The number of hydrogen-bond acceptors (Lipinski definition) is 7. The minimum absolute atomic E-state index is 0.00695. The van der Waals surface area contributed by atoms with Gasteiger partial charge in [0.2, 0.25) is 0 Å². The molecule has 2 aromatic rings. The molecule has 0 unspecified atom stereocenters. The number of hydrogen-bond donors (Lipinski definition) is 0. The number of aliphatic imine (C=N–C) groups is 1. The third kappa shape index (κ3) is 4.38. The summed E-state index contributed by atoms with van der Waals surface area (Å²) in [5.41, 5.74) is 1.77. The first kappa shape index (κ1) is 20.5. The molecular formula is C20H20ClFN4O4. The number of fused-ring (bicyclic) bond motifs is 1. The Bertz CT molecular complexity index is 982. The zero-order valence-corrected chi connectivity index (χ0v) is 16.8.